The van der Waals surface area contributed by atoms with Crippen LogP contribution in [0.25, 0.3) is 55.6 Å². The van der Waals surface area contributed by atoms with Crippen LogP contribution in [-0.2, 0) is 23.2 Å². The molecule has 0 amide bonds. The van der Waals surface area contributed by atoms with E-state index in [4.69, 9.17) is 0 Å². The molecule has 0 spiro atoms. The summed E-state index contributed by atoms with van der Waals surface area (Å²) < 4.78 is 70.4. The van der Waals surface area contributed by atoms with Gasteiger partial charge in [0.25, 0.3) is 0 Å². The van der Waals surface area contributed by atoms with Crippen molar-refractivity contribution in [1.29, 1.82) is 0 Å². The highest BCUT2D eigenvalue weighted by Gasteiger charge is 2.32. The minimum absolute atomic E-state index is 0.182. The summed E-state index contributed by atoms with van der Waals surface area (Å²) in [5, 5.41) is 3.65. The number of benzene rings is 4. The molecule has 0 aliphatic heterocycles. The first-order chi connectivity index (χ1) is 53.3. The van der Waals surface area contributed by atoms with E-state index in [0.717, 1.165) is 69.6 Å². The van der Waals surface area contributed by atoms with Crippen molar-refractivity contribution in [2.24, 2.45) is 0 Å². The van der Waals surface area contributed by atoms with Crippen molar-refractivity contribution in [1.82, 2.24) is 49.8 Å². The molecule has 0 aliphatic carbocycles. The Balaban J connectivity index is 0. The average Bonchev–Trinajstić information content (AvgIpc) is 0.914. The Kier molecular flexibility index (Phi) is 57.1. The molecule has 0 unspecified atom stereocenters. The Morgan fingerprint density at radius 3 is 0.827 bits per heavy atom. The smallest absolute Gasteiger partial charge is 0.264 e. The topological polar surface area (TPSA) is 129 Å². The second-order valence-electron chi connectivity index (χ2n) is 22.4. The summed E-state index contributed by atoms with van der Waals surface area (Å²) in [4.78, 5) is 39.8. The van der Waals surface area contributed by atoms with Crippen LogP contribution >= 0.6 is 0 Å². The van der Waals surface area contributed by atoms with Crippen LogP contribution in [0.3, 0.4) is 0 Å². The Labute approximate surface area is 653 Å². The predicted octanol–water partition coefficient (Wildman–Crippen LogP) is 28.3. The molecule has 10 nitrogen and oxygen atoms in total. The molecule has 10 heterocycles. The van der Waals surface area contributed by atoms with E-state index in [1.54, 1.807) is 18.6 Å². The molecule has 584 valence electrons. The van der Waals surface area contributed by atoms with E-state index < -0.39 is 23.6 Å². The Bertz CT molecular complexity index is 3610. The van der Waals surface area contributed by atoms with Crippen molar-refractivity contribution in [2.45, 2.75) is 162 Å². The van der Waals surface area contributed by atoms with Gasteiger partial charge in [0.05, 0.1) is 33.9 Å². The third-order valence-corrected chi connectivity index (χ3v) is 13.0. The van der Waals surface area contributed by atoms with Gasteiger partial charge < -0.3 is 0 Å². The molecule has 14 aromatic rings. The van der Waals surface area contributed by atoms with Gasteiger partial charge in [-0.2, -0.15) is 26.3 Å². The van der Waals surface area contributed by atoms with Crippen LogP contribution < -0.4 is 0 Å². The van der Waals surface area contributed by atoms with Crippen molar-refractivity contribution >= 4 is 21.7 Å². The fourth-order valence-corrected chi connectivity index (χ4v) is 8.03. The summed E-state index contributed by atoms with van der Waals surface area (Å²) in [6.45, 7) is 41.0. The van der Waals surface area contributed by atoms with E-state index in [1.165, 1.54) is 46.1 Å². The molecule has 14 rings (SSSR count). The lowest BCUT2D eigenvalue weighted by molar-refractivity contribution is -0.141. The number of rotatable bonds is 3. The van der Waals surface area contributed by atoms with Gasteiger partial charge in [0.15, 0.2) is 0 Å². The third-order valence-electron chi connectivity index (χ3n) is 13.0. The molecule has 4 aromatic carbocycles. The maximum Gasteiger partial charge on any atom is 0.433 e. The van der Waals surface area contributed by atoms with Crippen molar-refractivity contribution in [2.75, 3.05) is 0 Å². The number of hydrogen-bond donors (Lipinski definition) is 0. The van der Waals surface area contributed by atoms with Gasteiger partial charge in [-0.1, -0.05) is 290 Å². The molecule has 0 saturated heterocycles. The van der Waals surface area contributed by atoms with Gasteiger partial charge in [-0.3, -0.25) is 49.8 Å². The molecule has 10 aromatic heterocycles. The summed E-state index contributed by atoms with van der Waals surface area (Å²) in [6, 6.07) is 82.0. The van der Waals surface area contributed by atoms with Crippen LogP contribution in [-0.4, -0.2) is 49.8 Å². The van der Waals surface area contributed by atoms with Crippen molar-refractivity contribution < 1.29 is 26.3 Å². The lowest BCUT2D eigenvalue weighted by Gasteiger charge is -2.17. The summed E-state index contributed by atoms with van der Waals surface area (Å²) in [6.07, 6.45) is 12.8. The van der Waals surface area contributed by atoms with E-state index in [-0.39, 0.29) is 10.8 Å². The van der Waals surface area contributed by atoms with Gasteiger partial charge >= 0.3 is 12.4 Å². The molecule has 110 heavy (non-hydrogen) atoms. The van der Waals surface area contributed by atoms with Gasteiger partial charge in [0.1, 0.15) is 5.69 Å². The molecule has 16 heteroatoms. The van der Waals surface area contributed by atoms with Crippen LogP contribution in [0.4, 0.5) is 26.3 Å². The van der Waals surface area contributed by atoms with E-state index in [1.807, 2.05) is 310 Å². The van der Waals surface area contributed by atoms with Gasteiger partial charge in [-0.15, -0.1) is 0 Å². The molecule has 0 fully saturated rings. The lowest BCUT2D eigenvalue weighted by atomic mass is 9.88. The predicted molar refractivity (Wildman–Crippen MR) is 454 cm³/mol. The van der Waals surface area contributed by atoms with Crippen LogP contribution in [0.5, 0.6) is 0 Å². The standard InChI is InChI=1S/2C11H9N.C10H8N2.2C9H7N.2C9H13N.2C6H4F3N.7C2H6/c2*1-2-6-10(7-3-1)11-8-4-5-9-12-11;1-3-7-11-9(5-1)10-6-2-4-8-12-10;1-2-6-9-8(4-1)5-3-7-10-9;1-2-4-9-7-10-6-5-8(9)3-1;1-9(2,3)8-5-4-6-10-7-8;1-9(2,3)8-6-4-5-7-10-8;7-6(8,9)5-2-1-3-10-4-5;7-6(8,9)5-3-1-2-4-10-5;7*1-2/h2*1-9H;1-8H;2*1-7H;2*4-7H,1-3H3;2*1-4H;7*1-2H3. The minimum Gasteiger partial charge on any atom is -0.264 e. The maximum atomic E-state index is 11.7. The Morgan fingerprint density at radius 1 is 0.209 bits per heavy atom. The van der Waals surface area contributed by atoms with Gasteiger partial charge in [0, 0.05) is 108 Å². The summed E-state index contributed by atoms with van der Waals surface area (Å²) in [5.41, 5.74) is 8.55. The zero-order valence-electron chi connectivity index (χ0n) is 68.1. The van der Waals surface area contributed by atoms with Crippen LogP contribution in [0.2, 0.25) is 0 Å². The Hall–Kier alpha value is -11.5. The average molecular weight is 1500 g/mol. The highest BCUT2D eigenvalue weighted by Crippen LogP contribution is 2.29. The molecule has 0 saturated carbocycles. The number of fused-ring (bicyclic) bond motifs is 2. The molecular weight excluding hydrogens is 1380 g/mol. The van der Waals surface area contributed by atoms with E-state index in [2.05, 4.69) is 152 Å². The summed E-state index contributed by atoms with van der Waals surface area (Å²) in [7, 11) is 0. The minimum atomic E-state index is -4.32. The van der Waals surface area contributed by atoms with Crippen LogP contribution in [0, 0.1) is 0 Å². The number of hydrogen-bond acceptors (Lipinski definition) is 10. The van der Waals surface area contributed by atoms with Crippen molar-refractivity contribution in [3.05, 3.63) is 364 Å². The molecular formula is C94H116F6N10. The monoisotopic (exact) mass is 1500 g/mol. The molecule has 0 N–H and O–H groups in total. The molecule has 0 aliphatic rings. The van der Waals surface area contributed by atoms with Gasteiger partial charge in [-0.05, 0) is 131 Å². The van der Waals surface area contributed by atoms with E-state index in [9.17, 15) is 26.3 Å². The normalized spacial score (nSPS) is 9.55. The fraction of sp³-hybridized carbons (Fsp3) is 0.255. The molecule has 0 atom stereocenters. The summed E-state index contributed by atoms with van der Waals surface area (Å²) in [5.74, 6) is 0. The number of aromatic nitrogens is 10. The van der Waals surface area contributed by atoms with Crippen LogP contribution in [0.15, 0.2) is 341 Å². The largest absolute Gasteiger partial charge is 0.433 e. The lowest BCUT2D eigenvalue weighted by Crippen LogP contribution is -2.12. The summed E-state index contributed by atoms with van der Waals surface area (Å²) >= 11 is 0. The first-order valence-electron chi connectivity index (χ1n) is 37.4. The second-order valence-corrected chi connectivity index (χ2v) is 22.4. The van der Waals surface area contributed by atoms with E-state index in [0.29, 0.717) is 0 Å². The fourth-order valence-electron chi connectivity index (χ4n) is 8.03. The number of halogens is 6. The third kappa shape index (κ3) is 44.6. The molecule has 0 radical (unpaired) electrons. The molecule has 0 bridgehead atoms. The zero-order chi connectivity index (χ0) is 82.8. The van der Waals surface area contributed by atoms with Gasteiger partial charge in [-0.25, -0.2) is 0 Å². The SMILES string of the molecule is CC.CC.CC.CC.CC.CC.CC.CC(C)(C)c1ccccn1.CC(C)(C)c1cccnc1.FC(F)(F)c1ccccn1.FC(F)(F)c1cccnc1.c1ccc(-c2ccccn2)cc1.c1ccc(-c2ccccn2)cc1.c1ccc(-c2ccccn2)nc1.c1ccc2cnccc2c1.c1ccc2ncccc2c1. The van der Waals surface area contributed by atoms with Crippen molar-refractivity contribution in [3.8, 4) is 33.9 Å². The maximum absolute atomic E-state index is 11.7. The number of para-hydroxylation sites is 1. The van der Waals surface area contributed by atoms with Gasteiger partial charge in [0.2, 0.25) is 0 Å². The number of alkyl halides is 6. The van der Waals surface area contributed by atoms with Crippen molar-refractivity contribution in [3.63, 3.8) is 0 Å². The first kappa shape index (κ1) is 101. The quantitative estimate of drug-likeness (QED) is 0.158. The highest BCUT2D eigenvalue weighted by molar-refractivity contribution is 5.81. The highest BCUT2D eigenvalue weighted by atomic mass is 19.4. The van der Waals surface area contributed by atoms with E-state index >= 15 is 0 Å². The Morgan fingerprint density at radius 2 is 0.527 bits per heavy atom. The number of pyridine rings is 10. The first-order valence-corrected chi connectivity index (χ1v) is 37.4. The zero-order valence-corrected chi connectivity index (χ0v) is 68.1. The number of nitrogens with zero attached hydrogens (tertiary/aromatic N) is 10. The second kappa shape index (κ2) is 62.5. The van der Waals surface area contributed by atoms with Crippen LogP contribution in [0.1, 0.15) is 161 Å².